The molecule has 0 aliphatic carbocycles. The van der Waals surface area contributed by atoms with Crippen molar-refractivity contribution >= 4 is 10.0 Å². The molecule has 2 aromatic carbocycles. The van der Waals surface area contributed by atoms with E-state index < -0.39 is 10.0 Å². The van der Waals surface area contributed by atoms with E-state index in [0.717, 1.165) is 5.56 Å². The van der Waals surface area contributed by atoms with Gasteiger partial charge in [-0.2, -0.15) is 4.31 Å². The third-order valence-electron chi connectivity index (χ3n) is 4.02. The highest BCUT2D eigenvalue weighted by Crippen LogP contribution is 2.34. The summed E-state index contributed by atoms with van der Waals surface area (Å²) >= 11 is 0. The topological polar surface area (TPSA) is 55.8 Å². The van der Waals surface area contributed by atoms with E-state index >= 15 is 0 Å². The van der Waals surface area contributed by atoms with E-state index in [1.165, 1.54) is 10.4 Å². The highest BCUT2D eigenvalue weighted by atomic mass is 32.2. The number of nitrogens with zero attached hydrogens (tertiary/aromatic N) is 1. The molecule has 0 spiro atoms. The smallest absolute Gasteiger partial charge is 0.243 e. The van der Waals surface area contributed by atoms with E-state index in [9.17, 15) is 8.42 Å². The summed E-state index contributed by atoms with van der Waals surface area (Å²) in [6.45, 7) is 2.77. The largest absolute Gasteiger partial charge is 0.486 e. The predicted molar refractivity (Wildman–Crippen MR) is 87.2 cm³/mol. The molecule has 0 amide bonds. The molecule has 1 aliphatic heterocycles. The summed E-state index contributed by atoms with van der Waals surface area (Å²) in [6, 6.07) is 14.0. The fourth-order valence-electron chi connectivity index (χ4n) is 2.50. The average Bonchev–Trinajstić information content (AvgIpc) is 2.60. The molecule has 5 nitrogen and oxygen atoms in total. The molecule has 23 heavy (non-hydrogen) atoms. The standard InChI is InChI=1S/C17H19NO4S/c1-13(14-6-4-3-5-7-14)18(2)23(19,20)15-8-9-16-17(12-15)22-11-10-21-16/h3-9,12-13H,10-11H2,1-2H3. The van der Waals surface area contributed by atoms with E-state index in [-0.39, 0.29) is 10.9 Å². The zero-order valence-corrected chi connectivity index (χ0v) is 13.9. The lowest BCUT2D eigenvalue weighted by atomic mass is 10.1. The Kier molecular flexibility index (Phi) is 4.28. The van der Waals surface area contributed by atoms with E-state index in [4.69, 9.17) is 9.47 Å². The number of benzene rings is 2. The van der Waals surface area contributed by atoms with Crippen molar-refractivity contribution in [2.75, 3.05) is 20.3 Å². The first kappa shape index (κ1) is 15.8. The minimum atomic E-state index is -3.62. The third kappa shape index (κ3) is 3.04. The fourth-order valence-corrected chi connectivity index (χ4v) is 3.87. The second-order valence-electron chi connectivity index (χ2n) is 5.41. The van der Waals surface area contributed by atoms with E-state index in [1.807, 2.05) is 37.3 Å². The lowest BCUT2D eigenvalue weighted by molar-refractivity contribution is 0.171. The van der Waals surface area contributed by atoms with Crippen LogP contribution in [0.15, 0.2) is 53.4 Å². The molecule has 0 N–H and O–H groups in total. The summed E-state index contributed by atoms with van der Waals surface area (Å²) in [6.07, 6.45) is 0. The van der Waals surface area contributed by atoms with Gasteiger partial charge < -0.3 is 9.47 Å². The van der Waals surface area contributed by atoms with Gasteiger partial charge >= 0.3 is 0 Å². The quantitative estimate of drug-likeness (QED) is 0.863. The molecule has 0 aromatic heterocycles. The number of ether oxygens (including phenoxy) is 2. The summed E-state index contributed by atoms with van der Waals surface area (Å²) in [5.74, 6) is 1.05. The highest BCUT2D eigenvalue weighted by molar-refractivity contribution is 7.89. The van der Waals surface area contributed by atoms with Gasteiger partial charge in [-0.15, -0.1) is 0 Å². The zero-order valence-electron chi connectivity index (χ0n) is 13.1. The monoisotopic (exact) mass is 333 g/mol. The molecule has 0 saturated carbocycles. The molecule has 0 saturated heterocycles. The van der Waals surface area contributed by atoms with Crippen LogP contribution >= 0.6 is 0 Å². The van der Waals surface area contributed by atoms with E-state index in [2.05, 4.69) is 0 Å². The molecular formula is C17H19NO4S. The van der Waals surface area contributed by atoms with Crippen molar-refractivity contribution in [2.45, 2.75) is 17.9 Å². The van der Waals surface area contributed by atoms with Crippen molar-refractivity contribution in [1.82, 2.24) is 4.31 Å². The van der Waals surface area contributed by atoms with Gasteiger partial charge in [0.05, 0.1) is 4.90 Å². The number of hydrogen-bond acceptors (Lipinski definition) is 4. The van der Waals surface area contributed by atoms with Crippen LogP contribution in [0.5, 0.6) is 11.5 Å². The second-order valence-corrected chi connectivity index (χ2v) is 7.41. The van der Waals surface area contributed by atoms with Crippen molar-refractivity contribution in [3.8, 4) is 11.5 Å². The van der Waals surface area contributed by atoms with E-state index in [1.54, 1.807) is 19.2 Å². The molecule has 0 radical (unpaired) electrons. The minimum absolute atomic E-state index is 0.201. The lowest BCUT2D eigenvalue weighted by Gasteiger charge is -2.25. The van der Waals surface area contributed by atoms with Gasteiger partial charge in [0.1, 0.15) is 13.2 Å². The summed E-state index contributed by atoms with van der Waals surface area (Å²) < 4.78 is 38.0. The summed E-state index contributed by atoms with van der Waals surface area (Å²) in [4.78, 5) is 0.201. The van der Waals surface area contributed by atoms with Crippen LogP contribution in [0.2, 0.25) is 0 Å². The molecule has 2 aromatic rings. The van der Waals surface area contributed by atoms with Gasteiger partial charge in [0.25, 0.3) is 0 Å². The third-order valence-corrected chi connectivity index (χ3v) is 5.94. The summed E-state index contributed by atoms with van der Waals surface area (Å²) in [5, 5.41) is 0. The Balaban J connectivity index is 1.91. The molecule has 0 bridgehead atoms. The van der Waals surface area contributed by atoms with Crippen LogP contribution in [0.4, 0.5) is 0 Å². The summed E-state index contributed by atoms with van der Waals surface area (Å²) in [5.41, 5.74) is 0.941. The number of fused-ring (bicyclic) bond motifs is 1. The molecule has 1 heterocycles. The van der Waals surface area contributed by atoms with E-state index in [0.29, 0.717) is 24.7 Å². The number of sulfonamides is 1. The Bertz CT molecular complexity index is 789. The fraction of sp³-hybridized carbons (Fsp3) is 0.294. The van der Waals surface area contributed by atoms with Gasteiger partial charge in [-0.3, -0.25) is 0 Å². The Morgan fingerprint density at radius 2 is 1.65 bits per heavy atom. The van der Waals surface area contributed by atoms with Gasteiger partial charge in [-0.1, -0.05) is 30.3 Å². The normalized spacial score (nSPS) is 15.4. The molecule has 1 atom stereocenters. The van der Waals surface area contributed by atoms with Crippen LogP contribution in [0.1, 0.15) is 18.5 Å². The van der Waals surface area contributed by atoms with Crippen LogP contribution in [-0.4, -0.2) is 33.0 Å². The molecule has 6 heteroatoms. The Hall–Kier alpha value is -2.05. The highest BCUT2D eigenvalue weighted by Gasteiger charge is 2.27. The van der Waals surface area contributed by atoms with Gasteiger partial charge in [-0.05, 0) is 24.6 Å². The van der Waals surface area contributed by atoms with Gasteiger partial charge in [0, 0.05) is 19.2 Å². The van der Waals surface area contributed by atoms with Crippen LogP contribution in [0.25, 0.3) is 0 Å². The van der Waals surface area contributed by atoms with Crippen molar-refractivity contribution in [1.29, 1.82) is 0 Å². The Morgan fingerprint density at radius 3 is 2.35 bits per heavy atom. The van der Waals surface area contributed by atoms with Crippen LogP contribution < -0.4 is 9.47 Å². The van der Waals surface area contributed by atoms with Gasteiger partial charge in [0.15, 0.2) is 11.5 Å². The maximum absolute atomic E-state index is 12.9. The molecule has 0 fully saturated rings. The maximum atomic E-state index is 12.9. The predicted octanol–water partition coefficient (Wildman–Crippen LogP) is 2.84. The average molecular weight is 333 g/mol. The van der Waals surface area contributed by atoms with Crippen molar-refractivity contribution in [3.05, 3.63) is 54.1 Å². The zero-order chi connectivity index (χ0) is 16.4. The minimum Gasteiger partial charge on any atom is -0.486 e. The van der Waals surface area contributed by atoms with Crippen LogP contribution in [0.3, 0.4) is 0 Å². The van der Waals surface area contributed by atoms with Crippen LogP contribution in [0, 0.1) is 0 Å². The lowest BCUT2D eigenvalue weighted by Crippen LogP contribution is -2.30. The maximum Gasteiger partial charge on any atom is 0.243 e. The molecule has 122 valence electrons. The SMILES string of the molecule is CC(c1ccccc1)N(C)S(=O)(=O)c1ccc2c(c1)OCCO2. The number of hydrogen-bond donors (Lipinski definition) is 0. The molecule has 3 rings (SSSR count). The molecular weight excluding hydrogens is 314 g/mol. The second kappa shape index (κ2) is 6.22. The van der Waals surface area contributed by atoms with Crippen molar-refractivity contribution in [3.63, 3.8) is 0 Å². The van der Waals surface area contributed by atoms with Gasteiger partial charge in [0.2, 0.25) is 10.0 Å². The number of rotatable bonds is 4. The van der Waals surface area contributed by atoms with Crippen LogP contribution in [-0.2, 0) is 10.0 Å². The molecule has 1 aliphatic rings. The first-order chi connectivity index (χ1) is 11.0. The van der Waals surface area contributed by atoms with Crippen molar-refractivity contribution < 1.29 is 17.9 Å². The molecule has 1 unspecified atom stereocenters. The first-order valence-corrected chi connectivity index (χ1v) is 8.87. The first-order valence-electron chi connectivity index (χ1n) is 7.43. The summed E-state index contributed by atoms with van der Waals surface area (Å²) in [7, 11) is -2.03. The Labute approximate surface area is 136 Å². The Morgan fingerprint density at radius 1 is 1.00 bits per heavy atom. The van der Waals surface area contributed by atoms with Crippen molar-refractivity contribution in [2.24, 2.45) is 0 Å². The van der Waals surface area contributed by atoms with Gasteiger partial charge in [-0.25, -0.2) is 8.42 Å².